The van der Waals surface area contributed by atoms with Crippen LogP contribution in [0.25, 0.3) is 56.6 Å². The Balaban J connectivity index is 0.000000144. The van der Waals surface area contributed by atoms with E-state index in [1.54, 1.807) is 0 Å². The van der Waals surface area contributed by atoms with Gasteiger partial charge in [0.05, 0.1) is 16.6 Å². The zero-order valence-electron chi connectivity index (χ0n) is 19.6. The minimum atomic E-state index is 0. The minimum absolute atomic E-state index is 0. The van der Waals surface area contributed by atoms with E-state index < -0.39 is 0 Å². The van der Waals surface area contributed by atoms with E-state index in [4.69, 9.17) is 4.98 Å². The molecule has 1 aliphatic carbocycles. The standard InChI is InChI=1S/C17H10N.C15H11N2.Ir/c1-2-5-12(6-3-1)16-11-14-10-9-13-7-4-8-15(18-16)17(13)14;1-11-15(12-7-3-2-4-8-12)17-14-10-6-5-9-13(14)16-11;/h1-5,7-11H;2-7,9-10H,1H3;/q2*-1;. The normalized spacial score (nSPS) is 11.1. The van der Waals surface area contributed by atoms with Gasteiger partial charge in [-0.05, 0) is 41.9 Å². The molecule has 36 heavy (non-hydrogen) atoms. The van der Waals surface area contributed by atoms with Crippen LogP contribution in [0.15, 0.2) is 97.1 Å². The molecule has 0 N–H and O–H groups in total. The Morgan fingerprint density at radius 1 is 0.583 bits per heavy atom. The molecule has 0 fully saturated rings. The maximum absolute atomic E-state index is 4.74. The zero-order valence-corrected chi connectivity index (χ0v) is 22.0. The largest absolute Gasteiger partial charge is 0.296 e. The van der Waals surface area contributed by atoms with Crippen LogP contribution in [0, 0.1) is 19.1 Å². The van der Waals surface area contributed by atoms with Crippen molar-refractivity contribution in [1.29, 1.82) is 0 Å². The molecule has 7 rings (SSSR count). The maximum atomic E-state index is 4.74. The maximum Gasteiger partial charge on any atom is 0.0870 e. The van der Waals surface area contributed by atoms with Gasteiger partial charge in [0.25, 0.3) is 0 Å². The van der Waals surface area contributed by atoms with Crippen LogP contribution in [0.2, 0.25) is 0 Å². The van der Waals surface area contributed by atoms with E-state index in [2.05, 4.69) is 58.5 Å². The molecule has 0 atom stereocenters. The van der Waals surface area contributed by atoms with Gasteiger partial charge in [0.15, 0.2) is 0 Å². The van der Waals surface area contributed by atoms with Crippen LogP contribution < -0.4 is 0 Å². The van der Waals surface area contributed by atoms with E-state index in [9.17, 15) is 0 Å². The second-order valence-electron chi connectivity index (χ2n) is 8.37. The van der Waals surface area contributed by atoms with Gasteiger partial charge in [0.1, 0.15) is 0 Å². The summed E-state index contributed by atoms with van der Waals surface area (Å²) in [6.07, 6.45) is 4.31. The topological polar surface area (TPSA) is 38.7 Å². The molecule has 0 bridgehead atoms. The van der Waals surface area contributed by atoms with Gasteiger partial charge in [-0.2, -0.15) is 0 Å². The number of nitrogens with zero attached hydrogens (tertiary/aromatic N) is 3. The van der Waals surface area contributed by atoms with Crippen molar-refractivity contribution in [2.45, 2.75) is 6.92 Å². The first-order chi connectivity index (χ1) is 17.3. The molecule has 6 aromatic rings. The Bertz CT molecular complexity index is 1690. The second-order valence-corrected chi connectivity index (χ2v) is 8.37. The van der Waals surface area contributed by atoms with E-state index in [0.29, 0.717) is 0 Å². The second kappa shape index (κ2) is 10.3. The van der Waals surface area contributed by atoms with Crippen LogP contribution >= 0.6 is 0 Å². The summed E-state index contributed by atoms with van der Waals surface area (Å²) in [6, 6.07) is 38.5. The van der Waals surface area contributed by atoms with E-state index in [1.807, 2.05) is 79.7 Å². The van der Waals surface area contributed by atoms with Crippen LogP contribution in [0.1, 0.15) is 16.8 Å². The molecule has 0 amide bonds. The number of aromatic nitrogens is 3. The number of hydrogen-bond donors (Lipinski definition) is 0. The fourth-order valence-corrected chi connectivity index (χ4v) is 4.37. The molecule has 2 heterocycles. The summed E-state index contributed by atoms with van der Waals surface area (Å²) in [5.41, 5.74) is 10.3. The van der Waals surface area contributed by atoms with Crippen molar-refractivity contribution in [2.24, 2.45) is 0 Å². The van der Waals surface area contributed by atoms with Crippen LogP contribution in [0.3, 0.4) is 0 Å². The molecule has 0 spiro atoms. The number of benzene rings is 4. The van der Waals surface area contributed by atoms with Crippen LogP contribution in [0.4, 0.5) is 0 Å². The Kier molecular flexibility index (Phi) is 6.81. The molecule has 0 aliphatic heterocycles. The van der Waals surface area contributed by atoms with E-state index >= 15 is 0 Å². The van der Waals surface area contributed by atoms with Crippen molar-refractivity contribution in [2.75, 3.05) is 0 Å². The molecule has 1 radical (unpaired) electrons. The Labute approximate surface area is 224 Å². The quantitative estimate of drug-likeness (QED) is 0.183. The van der Waals surface area contributed by atoms with E-state index in [0.717, 1.165) is 44.8 Å². The van der Waals surface area contributed by atoms with Gasteiger partial charge in [0.2, 0.25) is 0 Å². The van der Waals surface area contributed by atoms with Crippen molar-refractivity contribution in [1.82, 2.24) is 15.0 Å². The summed E-state index contributed by atoms with van der Waals surface area (Å²) in [5, 5.41) is 1.26. The van der Waals surface area contributed by atoms with Crippen molar-refractivity contribution in [3.63, 3.8) is 0 Å². The number of hydrogen-bond acceptors (Lipinski definition) is 3. The third-order valence-corrected chi connectivity index (χ3v) is 6.03. The van der Waals surface area contributed by atoms with Gasteiger partial charge in [-0.25, -0.2) is 0 Å². The van der Waals surface area contributed by atoms with E-state index in [-0.39, 0.29) is 20.1 Å². The molecule has 3 nitrogen and oxygen atoms in total. The van der Waals surface area contributed by atoms with Crippen molar-refractivity contribution in [3.05, 3.63) is 126 Å². The summed E-state index contributed by atoms with van der Waals surface area (Å²) in [4.78, 5) is 14.0. The first-order valence-corrected chi connectivity index (χ1v) is 11.6. The third kappa shape index (κ3) is 4.61. The molecule has 4 heteroatoms. The molecular formula is C32H21IrN3-2. The molecule has 2 aromatic heterocycles. The van der Waals surface area contributed by atoms with Gasteiger partial charge in [-0.15, -0.1) is 71.8 Å². The van der Waals surface area contributed by atoms with Gasteiger partial charge < -0.3 is 0 Å². The summed E-state index contributed by atoms with van der Waals surface area (Å²) < 4.78 is 0. The van der Waals surface area contributed by atoms with Crippen molar-refractivity contribution in [3.8, 4) is 22.5 Å². The van der Waals surface area contributed by atoms with Gasteiger partial charge in [-0.3, -0.25) is 15.0 Å². The smallest absolute Gasteiger partial charge is 0.0870 e. The SMILES string of the molecule is Cc1nc2ccccc2nc1-c1[c-]cccc1.[Ir].[c-]1ccccc1-c1cc2c3c(cccc3n1)C=C2. The van der Waals surface area contributed by atoms with Crippen molar-refractivity contribution < 1.29 is 20.1 Å². The average Bonchev–Trinajstić information content (AvgIpc) is 3.34. The number of rotatable bonds is 2. The van der Waals surface area contributed by atoms with Crippen LogP contribution in [-0.2, 0) is 20.1 Å². The monoisotopic (exact) mass is 640 g/mol. The fraction of sp³-hybridized carbons (Fsp3) is 0.0312. The molecule has 175 valence electrons. The first-order valence-electron chi connectivity index (χ1n) is 11.6. The predicted octanol–water partition coefficient (Wildman–Crippen LogP) is 7.59. The molecule has 1 aliphatic rings. The molecule has 0 saturated heterocycles. The first kappa shape index (κ1) is 23.7. The number of fused-ring (bicyclic) bond motifs is 1. The number of para-hydroxylation sites is 2. The number of aryl methyl sites for hydroxylation is 1. The summed E-state index contributed by atoms with van der Waals surface area (Å²) in [7, 11) is 0. The molecule has 0 saturated carbocycles. The fourth-order valence-electron chi connectivity index (χ4n) is 4.37. The Hall–Kier alpha value is -3.98. The van der Waals surface area contributed by atoms with Crippen LogP contribution in [-0.4, -0.2) is 15.0 Å². The summed E-state index contributed by atoms with van der Waals surface area (Å²) >= 11 is 0. The Morgan fingerprint density at radius 2 is 1.22 bits per heavy atom. The van der Waals surface area contributed by atoms with Gasteiger partial charge >= 0.3 is 0 Å². The summed E-state index contributed by atoms with van der Waals surface area (Å²) in [6.45, 7) is 1.98. The Morgan fingerprint density at radius 3 is 1.94 bits per heavy atom. The molecule has 0 unspecified atom stereocenters. The van der Waals surface area contributed by atoms with Gasteiger partial charge in [-0.1, -0.05) is 42.5 Å². The minimum Gasteiger partial charge on any atom is -0.296 e. The molecule has 4 aromatic carbocycles. The predicted molar refractivity (Wildman–Crippen MR) is 143 cm³/mol. The van der Waals surface area contributed by atoms with E-state index in [1.165, 1.54) is 16.5 Å². The average molecular weight is 640 g/mol. The van der Waals surface area contributed by atoms with Gasteiger partial charge in [0, 0.05) is 36.9 Å². The third-order valence-electron chi connectivity index (χ3n) is 6.03. The summed E-state index contributed by atoms with van der Waals surface area (Å²) in [5.74, 6) is 0. The zero-order chi connectivity index (χ0) is 23.6. The van der Waals surface area contributed by atoms with Crippen molar-refractivity contribution >= 4 is 34.1 Å². The number of pyridine rings is 1. The molecular weight excluding hydrogens is 619 g/mol. The van der Waals surface area contributed by atoms with Crippen LogP contribution in [0.5, 0.6) is 0 Å².